The second-order valence-electron chi connectivity index (χ2n) is 7.88. The molecule has 0 spiro atoms. The molecule has 0 radical (unpaired) electrons. The van der Waals surface area contributed by atoms with Crippen LogP contribution in [0.3, 0.4) is 0 Å². The van der Waals surface area contributed by atoms with Crippen LogP contribution in [0.4, 0.5) is 11.4 Å². The Balaban J connectivity index is 1.66. The standard InChI is InChI=1S/C24H27N2PS/c1-20-8-12-23(13-9-20)25-17-26(24-14-10-21(2)11-15-24)19-27(28,18-25)16-22-6-4-3-5-7-22/h3-15H,16-19H2,1-2H3. The summed E-state index contributed by atoms with van der Waals surface area (Å²) in [5.74, 6) is 0. The van der Waals surface area contributed by atoms with Crippen LogP contribution in [0.25, 0.3) is 0 Å². The number of nitrogens with zero attached hydrogens (tertiary/aromatic N) is 2. The molecule has 1 heterocycles. The molecule has 1 aliphatic heterocycles. The van der Waals surface area contributed by atoms with Gasteiger partial charge in [0.05, 0.1) is 19.2 Å². The van der Waals surface area contributed by atoms with Crippen molar-refractivity contribution in [3.05, 3.63) is 95.6 Å². The first-order chi connectivity index (χ1) is 13.5. The zero-order valence-corrected chi connectivity index (χ0v) is 18.3. The summed E-state index contributed by atoms with van der Waals surface area (Å²) in [6, 6.07) is 26.9. The average Bonchev–Trinajstić information content (AvgIpc) is 2.69. The number of anilines is 2. The summed E-state index contributed by atoms with van der Waals surface area (Å²) < 4.78 is 0. The lowest BCUT2D eigenvalue weighted by molar-refractivity contribution is 0.793. The average molecular weight is 407 g/mol. The van der Waals surface area contributed by atoms with Crippen molar-refractivity contribution < 1.29 is 0 Å². The van der Waals surface area contributed by atoms with Gasteiger partial charge in [0, 0.05) is 17.5 Å². The van der Waals surface area contributed by atoms with E-state index in [0.29, 0.717) is 0 Å². The number of rotatable bonds is 4. The highest BCUT2D eigenvalue weighted by Gasteiger charge is 2.31. The molecule has 28 heavy (non-hydrogen) atoms. The molecule has 1 aliphatic rings. The van der Waals surface area contributed by atoms with E-state index < -0.39 is 6.04 Å². The van der Waals surface area contributed by atoms with Gasteiger partial charge in [-0.1, -0.05) is 77.5 Å². The first kappa shape index (κ1) is 19.2. The third kappa shape index (κ3) is 4.48. The molecule has 4 heteroatoms. The lowest BCUT2D eigenvalue weighted by Gasteiger charge is -2.44. The van der Waals surface area contributed by atoms with Crippen LogP contribution in [0.1, 0.15) is 16.7 Å². The molecule has 144 valence electrons. The minimum atomic E-state index is -1.62. The third-order valence-electron chi connectivity index (χ3n) is 5.31. The molecule has 0 bridgehead atoms. The van der Waals surface area contributed by atoms with Crippen molar-refractivity contribution in [2.24, 2.45) is 0 Å². The van der Waals surface area contributed by atoms with Crippen molar-refractivity contribution >= 4 is 29.2 Å². The van der Waals surface area contributed by atoms with Gasteiger partial charge in [-0.05, 0) is 49.7 Å². The van der Waals surface area contributed by atoms with Crippen molar-refractivity contribution in [3.8, 4) is 0 Å². The van der Waals surface area contributed by atoms with Gasteiger partial charge in [-0.2, -0.15) is 0 Å². The van der Waals surface area contributed by atoms with E-state index in [1.807, 2.05) is 0 Å². The topological polar surface area (TPSA) is 6.48 Å². The van der Waals surface area contributed by atoms with E-state index in [4.69, 9.17) is 11.8 Å². The van der Waals surface area contributed by atoms with Gasteiger partial charge in [0.2, 0.25) is 0 Å². The van der Waals surface area contributed by atoms with E-state index in [1.54, 1.807) is 0 Å². The minimum Gasteiger partial charge on any atom is -0.349 e. The van der Waals surface area contributed by atoms with E-state index >= 15 is 0 Å². The molecule has 2 nitrogen and oxygen atoms in total. The van der Waals surface area contributed by atoms with Gasteiger partial charge in [0.25, 0.3) is 0 Å². The fourth-order valence-electron chi connectivity index (χ4n) is 3.82. The van der Waals surface area contributed by atoms with Crippen LogP contribution in [0.5, 0.6) is 0 Å². The third-order valence-corrected chi connectivity index (χ3v) is 9.05. The SMILES string of the molecule is Cc1ccc(N2CN(c3ccc(C)cc3)CP(=S)(Cc3ccccc3)C2)cc1. The lowest BCUT2D eigenvalue weighted by atomic mass is 10.2. The van der Waals surface area contributed by atoms with E-state index in [0.717, 1.165) is 25.4 Å². The molecule has 0 N–H and O–H groups in total. The Labute approximate surface area is 173 Å². The van der Waals surface area contributed by atoms with Crippen molar-refractivity contribution in [1.29, 1.82) is 0 Å². The minimum absolute atomic E-state index is 0.888. The number of benzene rings is 3. The summed E-state index contributed by atoms with van der Waals surface area (Å²) >= 11 is 6.37. The Bertz CT molecular complexity index is 910. The van der Waals surface area contributed by atoms with Gasteiger partial charge < -0.3 is 9.80 Å². The van der Waals surface area contributed by atoms with Crippen molar-refractivity contribution in [2.75, 3.05) is 29.0 Å². The fourth-order valence-corrected chi connectivity index (χ4v) is 8.02. The maximum absolute atomic E-state index is 6.37. The predicted octanol–water partition coefficient (Wildman–Crippen LogP) is 6.18. The lowest BCUT2D eigenvalue weighted by Crippen LogP contribution is -2.45. The number of hydrogen-bond donors (Lipinski definition) is 0. The molecular weight excluding hydrogens is 379 g/mol. The van der Waals surface area contributed by atoms with Crippen LogP contribution in [0, 0.1) is 13.8 Å². The van der Waals surface area contributed by atoms with Gasteiger partial charge >= 0.3 is 0 Å². The van der Waals surface area contributed by atoms with E-state index in [1.165, 1.54) is 28.1 Å². The highest BCUT2D eigenvalue weighted by atomic mass is 32.4. The molecule has 0 amide bonds. The van der Waals surface area contributed by atoms with Crippen molar-refractivity contribution in [1.82, 2.24) is 0 Å². The largest absolute Gasteiger partial charge is 0.349 e. The van der Waals surface area contributed by atoms with Gasteiger partial charge in [-0.15, -0.1) is 0 Å². The van der Waals surface area contributed by atoms with Gasteiger partial charge in [-0.25, -0.2) is 0 Å². The van der Waals surface area contributed by atoms with E-state index in [-0.39, 0.29) is 0 Å². The van der Waals surface area contributed by atoms with Crippen LogP contribution in [0.15, 0.2) is 78.9 Å². The van der Waals surface area contributed by atoms with Crippen LogP contribution >= 0.6 is 6.04 Å². The molecule has 4 rings (SSSR count). The Kier molecular flexibility index (Phi) is 5.57. The second kappa shape index (κ2) is 8.11. The second-order valence-corrected chi connectivity index (χ2v) is 13.2. The van der Waals surface area contributed by atoms with Gasteiger partial charge in [0.15, 0.2) is 0 Å². The van der Waals surface area contributed by atoms with Gasteiger partial charge in [-0.3, -0.25) is 0 Å². The molecule has 1 saturated heterocycles. The first-order valence-electron chi connectivity index (χ1n) is 9.75. The molecule has 0 aliphatic carbocycles. The molecular formula is C24H27N2PS. The van der Waals surface area contributed by atoms with Crippen molar-refractivity contribution in [3.63, 3.8) is 0 Å². The summed E-state index contributed by atoms with van der Waals surface area (Å²) in [5.41, 5.74) is 6.48. The van der Waals surface area contributed by atoms with Crippen LogP contribution < -0.4 is 9.80 Å². The highest BCUT2D eigenvalue weighted by Crippen LogP contribution is 2.54. The molecule has 3 aromatic carbocycles. The summed E-state index contributed by atoms with van der Waals surface area (Å²) in [6.45, 7) is 5.16. The van der Waals surface area contributed by atoms with Crippen LogP contribution in [-0.4, -0.2) is 19.2 Å². The Morgan fingerprint density at radius 3 is 1.64 bits per heavy atom. The van der Waals surface area contributed by atoms with Crippen molar-refractivity contribution in [2.45, 2.75) is 20.0 Å². The molecule has 0 aromatic heterocycles. The smallest absolute Gasteiger partial charge is 0.0910 e. The molecule has 3 aromatic rings. The fraction of sp³-hybridized carbons (Fsp3) is 0.250. The van der Waals surface area contributed by atoms with Gasteiger partial charge in [0.1, 0.15) is 0 Å². The Hall–Kier alpha value is -2.09. The maximum Gasteiger partial charge on any atom is 0.0910 e. The molecule has 0 unspecified atom stereocenters. The number of hydrogen-bond acceptors (Lipinski definition) is 3. The Morgan fingerprint density at radius 1 is 0.714 bits per heavy atom. The normalized spacial score (nSPS) is 16.2. The molecule has 0 saturated carbocycles. The zero-order valence-electron chi connectivity index (χ0n) is 16.6. The Morgan fingerprint density at radius 2 is 1.18 bits per heavy atom. The monoisotopic (exact) mass is 406 g/mol. The summed E-state index contributed by atoms with van der Waals surface area (Å²) in [7, 11) is 0. The first-order valence-corrected chi connectivity index (χ1v) is 13.1. The molecule has 1 fully saturated rings. The van der Waals surface area contributed by atoms with Crippen LogP contribution in [0.2, 0.25) is 0 Å². The molecule has 0 atom stereocenters. The van der Waals surface area contributed by atoms with E-state index in [9.17, 15) is 0 Å². The maximum atomic E-state index is 6.37. The zero-order chi connectivity index (χ0) is 19.6. The number of aryl methyl sites for hydroxylation is 2. The predicted molar refractivity (Wildman–Crippen MR) is 126 cm³/mol. The summed E-state index contributed by atoms with van der Waals surface area (Å²) in [5, 5.41) is 0. The summed E-state index contributed by atoms with van der Waals surface area (Å²) in [4.78, 5) is 4.96. The quantitative estimate of drug-likeness (QED) is 0.478. The van der Waals surface area contributed by atoms with E-state index in [2.05, 4.69) is 103 Å². The van der Waals surface area contributed by atoms with Crippen LogP contribution in [-0.2, 0) is 18.0 Å². The summed E-state index contributed by atoms with van der Waals surface area (Å²) in [6.07, 6.45) is 2.99. The highest BCUT2D eigenvalue weighted by molar-refractivity contribution is 8.14.